The molecule has 1 aromatic heterocycles. The van der Waals surface area contributed by atoms with Crippen LogP contribution in [0.1, 0.15) is 32.3 Å². The van der Waals surface area contributed by atoms with E-state index in [2.05, 4.69) is 25.2 Å². The second-order valence-corrected chi connectivity index (χ2v) is 13.1. The van der Waals surface area contributed by atoms with Gasteiger partial charge in [0.25, 0.3) is 0 Å². The molecule has 3 heterocycles. The van der Waals surface area contributed by atoms with Gasteiger partial charge < -0.3 is 26.0 Å². The fraction of sp³-hybridized carbons (Fsp3) is 0.500. The zero-order valence-corrected chi connectivity index (χ0v) is 23.0. The molecule has 0 radical (unpaired) electrons. The second kappa shape index (κ2) is 11.3. The number of piperidine rings is 1. The SMILES string of the molecule is CCOC(=O)S1=CC(C)(Nc2nc(NCc3ccc(S(C)(=O)=O)cc3)cc(N3CCC(N)CC3)n2)CN1. The van der Waals surface area contributed by atoms with Gasteiger partial charge in [0.15, 0.2) is 9.84 Å². The van der Waals surface area contributed by atoms with Crippen molar-refractivity contribution in [1.29, 1.82) is 0 Å². The zero-order valence-electron chi connectivity index (χ0n) is 21.4. The number of nitrogens with two attached hydrogens (primary N) is 1. The number of nitrogens with zero attached hydrogens (tertiary/aromatic N) is 3. The molecule has 2 unspecified atom stereocenters. The first kappa shape index (κ1) is 27.3. The molecule has 202 valence electrons. The van der Waals surface area contributed by atoms with Crippen LogP contribution < -0.4 is 26.0 Å². The highest BCUT2D eigenvalue weighted by Gasteiger charge is 2.32. The minimum absolute atomic E-state index is 0.196. The van der Waals surface area contributed by atoms with Crippen LogP contribution in [0.5, 0.6) is 0 Å². The van der Waals surface area contributed by atoms with E-state index in [1.807, 2.05) is 18.4 Å². The Kier molecular flexibility index (Phi) is 8.36. The summed E-state index contributed by atoms with van der Waals surface area (Å²) in [7, 11) is -4.05. The lowest BCUT2D eigenvalue weighted by atomic mass is 10.1. The van der Waals surface area contributed by atoms with Crippen molar-refractivity contribution in [2.24, 2.45) is 5.73 Å². The highest BCUT2D eigenvalue weighted by molar-refractivity contribution is 8.26. The summed E-state index contributed by atoms with van der Waals surface area (Å²) in [6, 6.07) is 8.88. The number of hydrogen-bond acceptors (Lipinski definition) is 11. The van der Waals surface area contributed by atoms with Gasteiger partial charge in [-0.2, -0.15) is 9.97 Å². The van der Waals surface area contributed by atoms with Crippen LogP contribution in [0.2, 0.25) is 0 Å². The van der Waals surface area contributed by atoms with E-state index in [4.69, 9.17) is 15.5 Å². The van der Waals surface area contributed by atoms with E-state index >= 15 is 0 Å². The first-order valence-corrected chi connectivity index (χ1v) is 15.4. The number of nitrogens with one attached hydrogen (secondary N) is 3. The molecule has 1 fully saturated rings. The summed E-state index contributed by atoms with van der Waals surface area (Å²) in [6.45, 7) is 6.70. The summed E-state index contributed by atoms with van der Waals surface area (Å²) in [4.78, 5) is 24.2. The predicted molar refractivity (Wildman–Crippen MR) is 149 cm³/mol. The van der Waals surface area contributed by atoms with E-state index < -0.39 is 26.0 Å². The predicted octanol–water partition coefficient (Wildman–Crippen LogP) is 2.34. The Balaban J connectivity index is 1.55. The largest absolute Gasteiger partial charge is 0.457 e. The Labute approximate surface area is 220 Å². The molecule has 0 saturated carbocycles. The van der Waals surface area contributed by atoms with E-state index in [0.29, 0.717) is 31.5 Å². The number of benzene rings is 1. The number of carbonyl (C=O) groups excluding carboxylic acids is 1. The Hall–Kier alpha value is -2.74. The van der Waals surface area contributed by atoms with Crippen LogP contribution in [0.3, 0.4) is 0 Å². The lowest BCUT2D eigenvalue weighted by molar-refractivity contribution is 0.181. The molecule has 0 spiro atoms. The van der Waals surface area contributed by atoms with E-state index in [-0.39, 0.29) is 16.2 Å². The van der Waals surface area contributed by atoms with Gasteiger partial charge in [0.05, 0.1) is 17.0 Å². The number of aromatic nitrogens is 2. The van der Waals surface area contributed by atoms with Crippen LogP contribution in [0.15, 0.2) is 35.2 Å². The highest BCUT2D eigenvalue weighted by Crippen LogP contribution is 2.27. The first-order valence-electron chi connectivity index (χ1n) is 12.2. The topological polar surface area (TPSA) is 152 Å². The third kappa shape index (κ3) is 7.18. The summed E-state index contributed by atoms with van der Waals surface area (Å²) in [5.74, 6) is 1.86. The van der Waals surface area contributed by atoms with Gasteiger partial charge in [0.1, 0.15) is 11.6 Å². The zero-order chi connectivity index (χ0) is 26.6. The standard InChI is InChI=1S/C24H35N7O4S2/c1-4-35-23(32)36-16-24(2,15-27-36)30-22-28-20(13-21(29-22)31-11-9-18(25)10-12-31)26-14-17-5-7-19(8-6-17)37(3,33)34/h5-8,13,16,18,27H,4,9-12,14-15,25H2,1-3H3,(H2,26,28,29,30). The van der Waals surface area contributed by atoms with Gasteiger partial charge in [-0.05, 0) is 60.4 Å². The maximum absolute atomic E-state index is 12.2. The van der Waals surface area contributed by atoms with Crippen molar-refractivity contribution in [3.05, 3.63) is 35.9 Å². The summed E-state index contributed by atoms with van der Waals surface area (Å²) < 4.78 is 31.9. The first-order chi connectivity index (χ1) is 17.5. The summed E-state index contributed by atoms with van der Waals surface area (Å²) in [5, 5.41) is 8.37. The van der Waals surface area contributed by atoms with Crippen molar-refractivity contribution >= 4 is 48.8 Å². The number of ether oxygens (including phenoxy) is 1. The molecular formula is C24H35N7O4S2. The van der Waals surface area contributed by atoms with Crippen molar-refractivity contribution in [2.45, 2.75) is 49.7 Å². The number of rotatable bonds is 8. The summed E-state index contributed by atoms with van der Waals surface area (Å²) >= 11 is 0. The molecule has 0 aliphatic carbocycles. The fourth-order valence-corrected chi connectivity index (χ4v) is 6.40. The molecule has 37 heavy (non-hydrogen) atoms. The Morgan fingerprint density at radius 3 is 2.62 bits per heavy atom. The molecule has 0 amide bonds. The molecule has 11 nitrogen and oxygen atoms in total. The van der Waals surface area contributed by atoms with Crippen molar-refractivity contribution in [3.8, 4) is 0 Å². The third-order valence-electron chi connectivity index (χ3n) is 6.21. The third-order valence-corrected chi connectivity index (χ3v) is 9.03. The minimum Gasteiger partial charge on any atom is -0.457 e. The second-order valence-electron chi connectivity index (χ2n) is 9.53. The molecule has 2 aromatic rings. The van der Waals surface area contributed by atoms with Gasteiger partial charge in [-0.15, -0.1) is 0 Å². The quantitative estimate of drug-likeness (QED) is 0.284. The molecule has 2 aliphatic rings. The number of anilines is 3. The van der Waals surface area contributed by atoms with Crippen LogP contribution in [0, 0.1) is 0 Å². The van der Waals surface area contributed by atoms with Gasteiger partial charge in [0, 0.05) is 44.5 Å². The fourth-order valence-electron chi connectivity index (χ4n) is 4.11. The van der Waals surface area contributed by atoms with Crippen LogP contribution in [-0.4, -0.2) is 73.1 Å². The highest BCUT2D eigenvalue weighted by atomic mass is 32.2. The van der Waals surface area contributed by atoms with Crippen molar-refractivity contribution in [3.63, 3.8) is 0 Å². The van der Waals surface area contributed by atoms with Gasteiger partial charge >= 0.3 is 5.30 Å². The number of sulfone groups is 1. The average Bonchev–Trinajstić information content (AvgIpc) is 3.24. The lowest BCUT2D eigenvalue weighted by Gasteiger charge is -2.32. The molecule has 4 rings (SSSR count). The van der Waals surface area contributed by atoms with Crippen molar-refractivity contribution in [2.75, 3.05) is 48.0 Å². The molecule has 5 N–H and O–H groups in total. The van der Waals surface area contributed by atoms with E-state index in [1.54, 1.807) is 31.2 Å². The van der Waals surface area contributed by atoms with Gasteiger partial charge in [-0.25, -0.2) is 13.2 Å². The lowest BCUT2D eigenvalue weighted by Crippen LogP contribution is -2.42. The molecule has 2 atom stereocenters. The molecule has 1 aromatic carbocycles. The molecule has 13 heteroatoms. The van der Waals surface area contributed by atoms with Crippen LogP contribution in [-0.2, 0) is 21.1 Å². The van der Waals surface area contributed by atoms with Crippen LogP contribution >= 0.6 is 10.7 Å². The van der Waals surface area contributed by atoms with Crippen molar-refractivity contribution < 1.29 is 17.9 Å². The smallest absolute Gasteiger partial charge is 0.375 e. The minimum atomic E-state index is -3.24. The summed E-state index contributed by atoms with van der Waals surface area (Å²) in [5.41, 5.74) is 6.48. The van der Waals surface area contributed by atoms with Gasteiger partial charge in [-0.3, -0.25) is 4.72 Å². The van der Waals surface area contributed by atoms with Gasteiger partial charge in [0.2, 0.25) is 5.95 Å². The molecule has 1 saturated heterocycles. The normalized spacial score (nSPS) is 22.4. The van der Waals surface area contributed by atoms with Gasteiger partial charge in [-0.1, -0.05) is 12.1 Å². The Bertz CT molecular complexity index is 1260. The van der Waals surface area contributed by atoms with Crippen LogP contribution in [0.4, 0.5) is 22.4 Å². The van der Waals surface area contributed by atoms with Crippen molar-refractivity contribution in [1.82, 2.24) is 14.7 Å². The number of carbonyl (C=O) groups is 1. The van der Waals surface area contributed by atoms with E-state index in [0.717, 1.165) is 37.3 Å². The Morgan fingerprint density at radius 1 is 1.27 bits per heavy atom. The Morgan fingerprint density at radius 2 is 1.97 bits per heavy atom. The molecule has 0 bridgehead atoms. The monoisotopic (exact) mass is 549 g/mol. The van der Waals surface area contributed by atoms with Crippen LogP contribution in [0.25, 0.3) is 0 Å². The average molecular weight is 550 g/mol. The number of hydrogen-bond donors (Lipinski definition) is 4. The molecule has 2 aliphatic heterocycles. The maximum atomic E-state index is 12.2. The van der Waals surface area contributed by atoms with E-state index in [1.165, 1.54) is 6.26 Å². The maximum Gasteiger partial charge on any atom is 0.375 e. The van der Waals surface area contributed by atoms with E-state index in [9.17, 15) is 13.2 Å². The summed E-state index contributed by atoms with van der Waals surface area (Å²) in [6.07, 6.45) is 2.97. The molecular weight excluding hydrogens is 514 g/mol.